The van der Waals surface area contributed by atoms with Gasteiger partial charge in [-0.2, -0.15) is 4.98 Å². The summed E-state index contributed by atoms with van der Waals surface area (Å²) in [5.41, 5.74) is 2.46. The standard InChI is InChI=1S/C11H17N5O2S/c1-7-6-8-9(13-2-4-18-5-3-17)14-11(16-12)15-10(8)19-7/h6,17H,2-5,12H2,1H3,(H2,13,14,15,16). The molecule has 0 atom stereocenters. The second kappa shape index (κ2) is 6.62. The van der Waals surface area contributed by atoms with Crippen LogP contribution in [0.4, 0.5) is 11.8 Å². The highest BCUT2D eigenvalue weighted by Gasteiger charge is 2.09. The monoisotopic (exact) mass is 283 g/mol. The Kier molecular flexibility index (Phi) is 4.86. The van der Waals surface area contributed by atoms with Crippen LogP contribution in [0.25, 0.3) is 10.2 Å². The summed E-state index contributed by atoms with van der Waals surface area (Å²) in [4.78, 5) is 10.6. The quantitative estimate of drug-likeness (QED) is 0.337. The number of nitrogens with one attached hydrogen (secondary N) is 2. The van der Waals surface area contributed by atoms with E-state index in [0.29, 0.717) is 25.7 Å². The van der Waals surface area contributed by atoms with Crippen molar-refractivity contribution in [3.05, 3.63) is 10.9 Å². The highest BCUT2D eigenvalue weighted by Crippen LogP contribution is 2.29. The van der Waals surface area contributed by atoms with Gasteiger partial charge in [-0.15, -0.1) is 11.3 Å². The maximum Gasteiger partial charge on any atom is 0.240 e. The summed E-state index contributed by atoms with van der Waals surface area (Å²) in [6, 6.07) is 2.04. The number of hydrogen-bond acceptors (Lipinski definition) is 8. The minimum Gasteiger partial charge on any atom is -0.394 e. The average molecular weight is 283 g/mol. The van der Waals surface area contributed by atoms with Gasteiger partial charge in [0.25, 0.3) is 0 Å². The number of hydrazine groups is 1. The summed E-state index contributed by atoms with van der Waals surface area (Å²) in [7, 11) is 0. The zero-order chi connectivity index (χ0) is 13.7. The molecule has 2 aromatic heterocycles. The minimum atomic E-state index is 0.0305. The van der Waals surface area contributed by atoms with Crippen LogP contribution in [0, 0.1) is 6.92 Å². The van der Waals surface area contributed by atoms with Crippen LogP contribution in [0.1, 0.15) is 4.88 Å². The normalized spacial score (nSPS) is 10.9. The van der Waals surface area contributed by atoms with Crippen molar-refractivity contribution in [3.8, 4) is 0 Å². The van der Waals surface area contributed by atoms with E-state index >= 15 is 0 Å². The molecule has 0 unspecified atom stereocenters. The Hall–Kier alpha value is -1.48. The van der Waals surface area contributed by atoms with Crippen LogP contribution in [0.15, 0.2) is 6.07 Å². The smallest absolute Gasteiger partial charge is 0.240 e. The van der Waals surface area contributed by atoms with Gasteiger partial charge in [0.15, 0.2) is 0 Å². The number of hydrogen-bond donors (Lipinski definition) is 4. The van der Waals surface area contributed by atoms with E-state index in [4.69, 9.17) is 15.7 Å². The molecule has 2 aromatic rings. The zero-order valence-corrected chi connectivity index (χ0v) is 11.5. The summed E-state index contributed by atoms with van der Waals surface area (Å²) < 4.78 is 5.18. The molecule has 104 valence electrons. The maximum atomic E-state index is 8.61. The lowest BCUT2D eigenvalue weighted by atomic mass is 10.3. The Morgan fingerprint density at radius 2 is 2.26 bits per heavy atom. The number of fused-ring (bicyclic) bond motifs is 1. The van der Waals surface area contributed by atoms with Crippen LogP contribution in [-0.2, 0) is 4.74 Å². The molecule has 0 spiro atoms. The maximum absolute atomic E-state index is 8.61. The van der Waals surface area contributed by atoms with Crippen molar-refractivity contribution < 1.29 is 9.84 Å². The first-order valence-corrected chi connectivity index (χ1v) is 6.73. The van der Waals surface area contributed by atoms with Crippen molar-refractivity contribution in [3.63, 3.8) is 0 Å². The van der Waals surface area contributed by atoms with Crippen molar-refractivity contribution >= 4 is 33.3 Å². The summed E-state index contributed by atoms with van der Waals surface area (Å²) in [5.74, 6) is 6.47. The molecule has 19 heavy (non-hydrogen) atoms. The highest BCUT2D eigenvalue weighted by atomic mass is 32.1. The third-order valence-corrected chi connectivity index (χ3v) is 3.36. The van der Waals surface area contributed by atoms with Crippen LogP contribution < -0.4 is 16.6 Å². The fourth-order valence-corrected chi connectivity index (χ4v) is 2.53. The van der Waals surface area contributed by atoms with Gasteiger partial charge in [0.1, 0.15) is 10.6 Å². The third kappa shape index (κ3) is 3.51. The molecule has 0 saturated carbocycles. The molecule has 0 amide bonds. The first kappa shape index (κ1) is 13.9. The van der Waals surface area contributed by atoms with Crippen molar-refractivity contribution in [1.29, 1.82) is 0 Å². The first-order chi connectivity index (χ1) is 9.24. The van der Waals surface area contributed by atoms with Crippen LogP contribution in [-0.4, -0.2) is 41.4 Å². The molecule has 0 bridgehead atoms. The average Bonchev–Trinajstić information content (AvgIpc) is 2.78. The number of aliphatic hydroxyl groups is 1. The number of rotatable bonds is 7. The van der Waals surface area contributed by atoms with Crippen molar-refractivity contribution in [1.82, 2.24) is 9.97 Å². The predicted molar refractivity (Wildman–Crippen MR) is 76.4 cm³/mol. The number of ether oxygens (including phenoxy) is 1. The van der Waals surface area contributed by atoms with E-state index in [1.165, 1.54) is 0 Å². The predicted octanol–water partition coefficient (Wildman–Crippen LogP) is 0.706. The lowest BCUT2D eigenvalue weighted by Gasteiger charge is -2.08. The number of nitrogens with two attached hydrogens (primary N) is 1. The van der Waals surface area contributed by atoms with E-state index in [-0.39, 0.29) is 6.61 Å². The number of nitrogens with zero attached hydrogens (tertiary/aromatic N) is 2. The molecule has 2 rings (SSSR count). The SMILES string of the molecule is Cc1cc2c(NCCOCCO)nc(NN)nc2s1. The molecule has 5 N–H and O–H groups in total. The van der Waals surface area contributed by atoms with Gasteiger partial charge in [0, 0.05) is 11.4 Å². The highest BCUT2D eigenvalue weighted by molar-refractivity contribution is 7.18. The second-order valence-corrected chi connectivity index (χ2v) is 5.11. The number of aromatic nitrogens is 2. The molecule has 8 heteroatoms. The van der Waals surface area contributed by atoms with Crippen molar-refractivity contribution in [2.75, 3.05) is 37.1 Å². The second-order valence-electron chi connectivity index (χ2n) is 3.88. The fraction of sp³-hybridized carbons (Fsp3) is 0.455. The van der Waals surface area contributed by atoms with E-state index in [1.807, 2.05) is 13.0 Å². The lowest BCUT2D eigenvalue weighted by molar-refractivity contribution is 0.0992. The van der Waals surface area contributed by atoms with E-state index in [1.54, 1.807) is 11.3 Å². The van der Waals surface area contributed by atoms with Gasteiger partial charge in [0.2, 0.25) is 5.95 Å². The molecule has 0 saturated heterocycles. The Morgan fingerprint density at radius 1 is 1.42 bits per heavy atom. The molecule has 0 radical (unpaired) electrons. The Bertz CT molecular complexity index is 545. The molecule has 0 aliphatic heterocycles. The summed E-state index contributed by atoms with van der Waals surface area (Å²) in [6.45, 7) is 3.50. The molecule has 2 heterocycles. The third-order valence-electron chi connectivity index (χ3n) is 2.42. The van der Waals surface area contributed by atoms with Crippen LogP contribution in [0.5, 0.6) is 0 Å². The molecule has 0 aliphatic rings. The number of thiophene rings is 1. The zero-order valence-electron chi connectivity index (χ0n) is 10.6. The van der Waals surface area contributed by atoms with Crippen LogP contribution in [0.3, 0.4) is 0 Å². The van der Waals surface area contributed by atoms with Crippen molar-refractivity contribution in [2.24, 2.45) is 5.84 Å². The molecule has 0 aliphatic carbocycles. The molecule has 0 fully saturated rings. The number of aryl methyl sites for hydroxylation is 1. The minimum absolute atomic E-state index is 0.0305. The van der Waals surface area contributed by atoms with E-state index in [9.17, 15) is 0 Å². The van der Waals surface area contributed by atoms with Crippen molar-refractivity contribution in [2.45, 2.75) is 6.92 Å². The van der Waals surface area contributed by atoms with E-state index in [2.05, 4.69) is 20.7 Å². The molecular formula is C11H17N5O2S. The largest absolute Gasteiger partial charge is 0.394 e. The van der Waals surface area contributed by atoms with Gasteiger partial charge in [-0.3, -0.25) is 5.43 Å². The van der Waals surface area contributed by atoms with Crippen LogP contribution >= 0.6 is 11.3 Å². The lowest BCUT2D eigenvalue weighted by Crippen LogP contribution is -2.15. The number of aliphatic hydroxyl groups excluding tert-OH is 1. The van der Waals surface area contributed by atoms with Gasteiger partial charge in [-0.1, -0.05) is 0 Å². The fourth-order valence-electron chi connectivity index (χ4n) is 1.65. The summed E-state index contributed by atoms with van der Waals surface area (Å²) in [5, 5.41) is 12.8. The van der Waals surface area contributed by atoms with Gasteiger partial charge in [0.05, 0.1) is 25.2 Å². The van der Waals surface area contributed by atoms with Crippen LogP contribution in [0.2, 0.25) is 0 Å². The van der Waals surface area contributed by atoms with Gasteiger partial charge in [-0.25, -0.2) is 10.8 Å². The summed E-state index contributed by atoms with van der Waals surface area (Å²) >= 11 is 1.59. The first-order valence-electron chi connectivity index (χ1n) is 5.92. The van der Waals surface area contributed by atoms with Gasteiger partial charge in [-0.05, 0) is 13.0 Å². The molecular weight excluding hydrogens is 266 g/mol. The topological polar surface area (TPSA) is 105 Å². The Labute approximate surface area is 114 Å². The van der Waals surface area contributed by atoms with E-state index < -0.39 is 0 Å². The summed E-state index contributed by atoms with van der Waals surface area (Å²) in [6.07, 6.45) is 0. The molecule has 0 aromatic carbocycles. The number of nitrogen functional groups attached to an aromatic ring is 1. The van der Waals surface area contributed by atoms with E-state index in [0.717, 1.165) is 20.9 Å². The van der Waals surface area contributed by atoms with Gasteiger partial charge >= 0.3 is 0 Å². The van der Waals surface area contributed by atoms with Gasteiger partial charge < -0.3 is 15.2 Å². The Morgan fingerprint density at radius 3 is 3.00 bits per heavy atom. The number of anilines is 2. The Balaban J connectivity index is 2.11. The molecule has 7 nitrogen and oxygen atoms in total.